The normalized spacial score (nSPS) is 15.3. The number of anilines is 1. The van der Waals surface area contributed by atoms with Gasteiger partial charge in [-0.25, -0.2) is 4.79 Å². The van der Waals surface area contributed by atoms with E-state index in [-0.39, 0.29) is 11.9 Å². The van der Waals surface area contributed by atoms with Gasteiger partial charge in [0.1, 0.15) is 5.00 Å². The molecule has 1 aliphatic carbocycles. The van der Waals surface area contributed by atoms with Crippen LogP contribution >= 0.6 is 11.3 Å². The zero-order valence-corrected chi connectivity index (χ0v) is 19.5. The minimum atomic E-state index is -0.329. The van der Waals surface area contributed by atoms with Gasteiger partial charge in [0, 0.05) is 11.3 Å². The Kier molecular flexibility index (Phi) is 9.60. The molecule has 31 heavy (non-hydrogen) atoms. The highest BCUT2D eigenvalue weighted by atomic mass is 32.1. The Morgan fingerprint density at radius 2 is 1.58 bits per heavy atom. The van der Waals surface area contributed by atoms with E-state index < -0.39 is 0 Å². The molecule has 0 spiro atoms. The van der Waals surface area contributed by atoms with Crippen LogP contribution in [-0.4, -0.2) is 19.0 Å². The Labute approximate surface area is 190 Å². The molecule has 1 aromatic carbocycles. The number of thiophene rings is 1. The maximum atomic E-state index is 12.7. The summed E-state index contributed by atoms with van der Waals surface area (Å²) in [5.41, 5.74) is 2.94. The average molecular weight is 442 g/mol. The van der Waals surface area contributed by atoms with Crippen molar-refractivity contribution >= 4 is 28.2 Å². The lowest BCUT2D eigenvalue weighted by Gasteiger charge is -2.10. The number of rotatable bonds is 6. The zero-order chi connectivity index (χ0) is 21.9. The quantitative estimate of drug-likeness (QED) is 0.507. The predicted molar refractivity (Wildman–Crippen MR) is 128 cm³/mol. The van der Waals surface area contributed by atoms with Gasteiger partial charge in [0.05, 0.1) is 12.7 Å². The minimum absolute atomic E-state index is 0.0293. The van der Waals surface area contributed by atoms with Gasteiger partial charge in [-0.3, -0.25) is 4.79 Å². The Morgan fingerprint density at radius 1 is 0.935 bits per heavy atom. The van der Waals surface area contributed by atoms with Gasteiger partial charge in [-0.15, -0.1) is 11.3 Å². The summed E-state index contributed by atoms with van der Waals surface area (Å²) in [6.45, 7) is 0. The molecule has 0 unspecified atom stereocenters. The highest BCUT2D eigenvalue weighted by Gasteiger charge is 2.25. The third kappa shape index (κ3) is 7.20. The van der Waals surface area contributed by atoms with Crippen molar-refractivity contribution in [1.29, 1.82) is 0 Å². The van der Waals surface area contributed by atoms with E-state index in [4.69, 9.17) is 4.74 Å². The van der Waals surface area contributed by atoms with Crippen LogP contribution in [0.15, 0.2) is 30.3 Å². The molecule has 1 heterocycles. The lowest BCUT2D eigenvalue weighted by molar-refractivity contribution is -0.116. The summed E-state index contributed by atoms with van der Waals surface area (Å²) in [4.78, 5) is 26.6. The number of methoxy groups -OCH3 is 1. The number of ether oxygens (including phenoxy) is 1. The molecule has 4 nitrogen and oxygen atoms in total. The van der Waals surface area contributed by atoms with Crippen LogP contribution < -0.4 is 5.32 Å². The lowest BCUT2D eigenvalue weighted by atomic mass is 9.97. The molecule has 1 N–H and O–H groups in total. The summed E-state index contributed by atoms with van der Waals surface area (Å²) >= 11 is 1.58. The number of hydrogen-bond donors (Lipinski definition) is 1. The summed E-state index contributed by atoms with van der Waals surface area (Å²) in [6.07, 6.45) is 13.8. The number of aryl methyl sites for hydroxylation is 2. The summed E-state index contributed by atoms with van der Waals surface area (Å²) in [6, 6.07) is 10.2. The van der Waals surface area contributed by atoms with Crippen LogP contribution in [0.3, 0.4) is 0 Å². The number of benzene rings is 1. The average Bonchev–Trinajstić information content (AvgIpc) is 3.10. The number of amides is 1. The first kappa shape index (κ1) is 23.5. The Hall–Kier alpha value is -2.14. The second-order valence-electron chi connectivity index (χ2n) is 8.42. The van der Waals surface area contributed by atoms with Crippen LogP contribution in [0.25, 0.3) is 0 Å². The first-order chi connectivity index (χ1) is 15.2. The van der Waals surface area contributed by atoms with Crippen molar-refractivity contribution in [3.63, 3.8) is 0 Å². The van der Waals surface area contributed by atoms with Gasteiger partial charge in [-0.05, 0) is 49.7 Å². The first-order valence-corrected chi connectivity index (χ1v) is 12.6. The van der Waals surface area contributed by atoms with Crippen LogP contribution in [0, 0.1) is 0 Å². The maximum absolute atomic E-state index is 12.7. The summed E-state index contributed by atoms with van der Waals surface area (Å²) in [5.74, 6) is -0.359. The topological polar surface area (TPSA) is 55.4 Å². The summed E-state index contributed by atoms with van der Waals surface area (Å²) in [5, 5.41) is 3.72. The van der Waals surface area contributed by atoms with Gasteiger partial charge < -0.3 is 10.1 Å². The van der Waals surface area contributed by atoms with Gasteiger partial charge in [0.2, 0.25) is 5.91 Å². The fraction of sp³-hybridized carbons (Fsp3) is 0.538. The monoisotopic (exact) mass is 441 g/mol. The standard InChI is InChI=1S/C26H35NO3S/c1-30-26(29)24-21-17-11-6-4-2-3-5-7-12-18-22(21)31-25(24)27-23(28)19-13-16-20-14-9-8-10-15-20/h8-10,14-15H,2-7,11-13,16-19H2,1H3,(H,27,28). The van der Waals surface area contributed by atoms with E-state index in [1.807, 2.05) is 18.2 Å². The second-order valence-corrected chi connectivity index (χ2v) is 9.52. The highest BCUT2D eigenvalue weighted by Crippen LogP contribution is 2.37. The van der Waals surface area contributed by atoms with Crippen molar-refractivity contribution in [2.24, 2.45) is 0 Å². The molecule has 1 aliphatic rings. The second kappa shape index (κ2) is 12.7. The molecule has 0 bridgehead atoms. The van der Waals surface area contributed by atoms with Gasteiger partial charge in [0.15, 0.2) is 0 Å². The van der Waals surface area contributed by atoms with Crippen molar-refractivity contribution in [2.75, 3.05) is 12.4 Å². The fourth-order valence-corrected chi connectivity index (χ4v) is 5.61. The van der Waals surface area contributed by atoms with Crippen molar-refractivity contribution in [3.05, 3.63) is 51.9 Å². The number of fused-ring (bicyclic) bond motifs is 1. The third-order valence-corrected chi connectivity index (χ3v) is 7.23. The molecular weight excluding hydrogens is 406 g/mol. The first-order valence-electron chi connectivity index (χ1n) is 11.8. The molecule has 0 saturated heterocycles. The molecule has 0 radical (unpaired) electrons. The largest absolute Gasteiger partial charge is 0.465 e. The molecule has 0 aliphatic heterocycles. The number of esters is 1. The van der Waals surface area contributed by atoms with Crippen LogP contribution in [-0.2, 0) is 28.8 Å². The van der Waals surface area contributed by atoms with E-state index >= 15 is 0 Å². The fourth-order valence-electron chi connectivity index (χ4n) is 4.32. The van der Waals surface area contributed by atoms with E-state index in [0.29, 0.717) is 17.0 Å². The van der Waals surface area contributed by atoms with E-state index in [2.05, 4.69) is 17.4 Å². The summed E-state index contributed by atoms with van der Waals surface area (Å²) < 4.78 is 5.11. The Morgan fingerprint density at radius 3 is 2.26 bits per heavy atom. The van der Waals surface area contributed by atoms with Gasteiger partial charge >= 0.3 is 5.97 Å². The molecule has 0 fully saturated rings. The highest BCUT2D eigenvalue weighted by molar-refractivity contribution is 7.17. The molecule has 168 valence electrons. The van der Waals surface area contributed by atoms with E-state index in [9.17, 15) is 9.59 Å². The molecule has 5 heteroatoms. The number of carbonyl (C=O) groups is 2. The van der Waals surface area contributed by atoms with Crippen molar-refractivity contribution in [1.82, 2.24) is 0 Å². The van der Waals surface area contributed by atoms with Crippen molar-refractivity contribution in [3.8, 4) is 0 Å². The van der Waals surface area contributed by atoms with Crippen LogP contribution in [0.5, 0.6) is 0 Å². The van der Waals surface area contributed by atoms with Crippen LogP contribution in [0.2, 0.25) is 0 Å². The van der Waals surface area contributed by atoms with E-state index in [0.717, 1.165) is 44.1 Å². The van der Waals surface area contributed by atoms with Crippen molar-refractivity contribution in [2.45, 2.75) is 83.5 Å². The predicted octanol–water partition coefficient (Wildman–Crippen LogP) is 6.72. The molecule has 0 saturated carbocycles. The van der Waals surface area contributed by atoms with E-state index in [1.165, 1.54) is 56.1 Å². The summed E-state index contributed by atoms with van der Waals surface area (Å²) in [7, 11) is 1.42. The number of carbonyl (C=O) groups excluding carboxylic acids is 2. The number of hydrogen-bond acceptors (Lipinski definition) is 4. The SMILES string of the molecule is COC(=O)c1c(NC(=O)CCCc2ccccc2)sc2c1CCCCCCCCCC2. The molecule has 2 aromatic rings. The Bertz CT molecular complexity index is 844. The van der Waals surface area contributed by atoms with Gasteiger partial charge in [-0.2, -0.15) is 0 Å². The minimum Gasteiger partial charge on any atom is -0.465 e. The van der Waals surface area contributed by atoms with Gasteiger partial charge in [-0.1, -0.05) is 68.9 Å². The van der Waals surface area contributed by atoms with Crippen molar-refractivity contribution < 1.29 is 14.3 Å². The molecule has 3 rings (SSSR count). The molecule has 0 atom stereocenters. The molecule has 1 aromatic heterocycles. The lowest BCUT2D eigenvalue weighted by Crippen LogP contribution is -2.14. The van der Waals surface area contributed by atoms with Gasteiger partial charge in [0.25, 0.3) is 0 Å². The van der Waals surface area contributed by atoms with Crippen LogP contribution in [0.1, 0.15) is 90.6 Å². The molecular formula is C26H35NO3S. The van der Waals surface area contributed by atoms with Crippen LogP contribution in [0.4, 0.5) is 5.00 Å². The number of nitrogens with one attached hydrogen (secondary N) is 1. The molecule has 1 amide bonds. The Balaban J connectivity index is 1.71. The third-order valence-electron chi connectivity index (χ3n) is 6.03. The van der Waals surface area contributed by atoms with E-state index in [1.54, 1.807) is 11.3 Å². The smallest absolute Gasteiger partial charge is 0.341 e. The zero-order valence-electron chi connectivity index (χ0n) is 18.7. The maximum Gasteiger partial charge on any atom is 0.341 e.